The van der Waals surface area contributed by atoms with Gasteiger partial charge in [-0.15, -0.1) is 0 Å². The molecule has 0 N–H and O–H groups in total. The molecule has 1 aliphatic carbocycles. The van der Waals surface area contributed by atoms with Crippen LogP contribution in [0.3, 0.4) is 0 Å². The second-order valence-electron chi connectivity index (χ2n) is 7.65. The number of carbonyl (C=O) groups excluding carboxylic acids is 1. The van der Waals surface area contributed by atoms with Gasteiger partial charge in [0.05, 0.1) is 16.5 Å². The van der Waals surface area contributed by atoms with E-state index in [0.717, 1.165) is 41.3 Å². The predicted molar refractivity (Wildman–Crippen MR) is 133 cm³/mol. The summed E-state index contributed by atoms with van der Waals surface area (Å²) in [6.07, 6.45) is 7.52. The lowest BCUT2D eigenvalue weighted by Crippen LogP contribution is -2.39. The van der Waals surface area contributed by atoms with E-state index in [1.54, 1.807) is 7.11 Å². The predicted octanol–water partition coefficient (Wildman–Crippen LogP) is 6.57. The summed E-state index contributed by atoms with van der Waals surface area (Å²) in [7, 11) is 1.61. The third-order valence-electron chi connectivity index (χ3n) is 5.54. The number of halogens is 1. The molecule has 0 bridgehead atoms. The number of rotatable bonds is 6. The van der Waals surface area contributed by atoms with Gasteiger partial charge in [0.15, 0.2) is 11.5 Å². The molecule has 31 heavy (non-hydrogen) atoms. The third-order valence-corrected chi connectivity index (χ3v) is 7.46. The Morgan fingerprint density at radius 2 is 1.94 bits per heavy atom. The molecule has 162 valence electrons. The maximum absolute atomic E-state index is 13.1. The summed E-state index contributed by atoms with van der Waals surface area (Å²) in [6, 6.07) is 14.0. The first-order chi connectivity index (χ1) is 15.1. The topological polar surface area (TPSA) is 38.8 Å². The molecule has 1 saturated heterocycles. The molecule has 1 heterocycles. The number of benzene rings is 2. The minimum absolute atomic E-state index is 0.0152. The van der Waals surface area contributed by atoms with E-state index in [9.17, 15) is 4.79 Å². The number of ether oxygens (including phenoxy) is 2. The fourth-order valence-electron chi connectivity index (χ4n) is 3.98. The molecule has 0 unspecified atom stereocenters. The zero-order valence-electron chi connectivity index (χ0n) is 17.3. The quantitative estimate of drug-likeness (QED) is 0.320. The molecule has 2 aromatic rings. The van der Waals surface area contributed by atoms with Crippen molar-refractivity contribution in [3.8, 4) is 11.5 Å². The van der Waals surface area contributed by atoms with Crippen LogP contribution in [0.15, 0.2) is 51.8 Å². The molecule has 1 amide bonds. The Balaban J connectivity index is 1.54. The number of carbonyl (C=O) groups is 1. The lowest BCUT2D eigenvalue weighted by Gasteiger charge is -2.29. The Morgan fingerprint density at radius 3 is 2.65 bits per heavy atom. The summed E-state index contributed by atoms with van der Waals surface area (Å²) in [4.78, 5) is 15.5. The molecule has 4 rings (SSSR count). The average Bonchev–Trinajstić information content (AvgIpc) is 3.06. The fourth-order valence-corrected chi connectivity index (χ4v) is 5.95. The molecule has 2 fully saturated rings. The Labute approximate surface area is 201 Å². The number of thiocarbonyl (C=S) groups is 1. The Morgan fingerprint density at radius 1 is 1.19 bits per heavy atom. The first-order valence-electron chi connectivity index (χ1n) is 10.4. The van der Waals surface area contributed by atoms with Crippen molar-refractivity contribution in [2.45, 2.75) is 44.8 Å². The molecule has 1 saturated carbocycles. The lowest BCUT2D eigenvalue weighted by atomic mass is 9.94. The summed E-state index contributed by atoms with van der Waals surface area (Å²) in [5.74, 6) is 1.26. The van der Waals surface area contributed by atoms with Crippen molar-refractivity contribution in [1.82, 2.24) is 4.90 Å². The summed E-state index contributed by atoms with van der Waals surface area (Å²) < 4.78 is 13.0. The smallest absolute Gasteiger partial charge is 0.266 e. The van der Waals surface area contributed by atoms with Crippen LogP contribution in [0.25, 0.3) is 6.08 Å². The van der Waals surface area contributed by atoms with Crippen LogP contribution in [-0.4, -0.2) is 28.3 Å². The summed E-state index contributed by atoms with van der Waals surface area (Å²) in [6.45, 7) is 0.440. The molecular weight excluding hydrogens is 494 g/mol. The number of nitrogens with zero attached hydrogens (tertiary/aromatic N) is 1. The van der Waals surface area contributed by atoms with Gasteiger partial charge in [0.1, 0.15) is 10.9 Å². The highest BCUT2D eigenvalue weighted by Gasteiger charge is 2.37. The maximum atomic E-state index is 13.1. The summed E-state index contributed by atoms with van der Waals surface area (Å²) in [5.41, 5.74) is 1.94. The van der Waals surface area contributed by atoms with Gasteiger partial charge in [0.2, 0.25) is 0 Å². The largest absolute Gasteiger partial charge is 0.493 e. The van der Waals surface area contributed by atoms with Crippen LogP contribution in [-0.2, 0) is 11.4 Å². The van der Waals surface area contributed by atoms with Crippen LogP contribution in [0.4, 0.5) is 0 Å². The van der Waals surface area contributed by atoms with Crippen molar-refractivity contribution in [2.24, 2.45) is 0 Å². The normalized spacial score (nSPS) is 18.6. The number of methoxy groups -OCH3 is 1. The summed E-state index contributed by atoms with van der Waals surface area (Å²) >= 11 is 10.5. The van der Waals surface area contributed by atoms with Crippen molar-refractivity contribution in [1.29, 1.82) is 0 Å². The Kier molecular flexibility index (Phi) is 7.35. The number of hydrogen-bond donors (Lipinski definition) is 0. The average molecular weight is 518 g/mol. The van der Waals surface area contributed by atoms with E-state index in [0.29, 0.717) is 27.3 Å². The highest BCUT2D eigenvalue weighted by molar-refractivity contribution is 9.10. The molecule has 0 radical (unpaired) electrons. The molecule has 4 nitrogen and oxygen atoms in total. The van der Waals surface area contributed by atoms with E-state index in [-0.39, 0.29) is 11.9 Å². The number of amides is 1. The molecule has 7 heteroatoms. The van der Waals surface area contributed by atoms with Gasteiger partial charge in [-0.3, -0.25) is 9.69 Å². The van der Waals surface area contributed by atoms with Gasteiger partial charge in [0, 0.05) is 6.04 Å². The van der Waals surface area contributed by atoms with E-state index >= 15 is 0 Å². The van der Waals surface area contributed by atoms with Crippen LogP contribution in [0.2, 0.25) is 0 Å². The first kappa shape index (κ1) is 22.4. The van der Waals surface area contributed by atoms with Crippen molar-refractivity contribution >= 4 is 56.2 Å². The Bertz CT molecular complexity index is 1000. The molecule has 1 aliphatic heterocycles. The van der Waals surface area contributed by atoms with Crippen LogP contribution in [0.5, 0.6) is 11.5 Å². The van der Waals surface area contributed by atoms with Crippen LogP contribution >= 0.6 is 39.9 Å². The second-order valence-corrected chi connectivity index (χ2v) is 10.2. The highest BCUT2D eigenvalue weighted by atomic mass is 79.9. The molecule has 0 atom stereocenters. The van der Waals surface area contributed by atoms with E-state index in [1.165, 1.54) is 18.2 Å². The van der Waals surface area contributed by atoms with E-state index in [2.05, 4.69) is 15.9 Å². The minimum Gasteiger partial charge on any atom is -0.493 e. The van der Waals surface area contributed by atoms with Gasteiger partial charge in [-0.25, -0.2) is 0 Å². The van der Waals surface area contributed by atoms with Crippen LogP contribution < -0.4 is 9.47 Å². The maximum Gasteiger partial charge on any atom is 0.266 e. The first-order valence-corrected chi connectivity index (χ1v) is 12.4. The van der Waals surface area contributed by atoms with Crippen molar-refractivity contribution in [3.63, 3.8) is 0 Å². The fraction of sp³-hybridized carbons (Fsp3) is 0.333. The van der Waals surface area contributed by atoms with Crippen LogP contribution in [0, 0.1) is 0 Å². The number of hydrogen-bond acceptors (Lipinski definition) is 5. The van der Waals surface area contributed by atoms with Gasteiger partial charge in [-0.05, 0) is 58.1 Å². The van der Waals surface area contributed by atoms with Gasteiger partial charge < -0.3 is 9.47 Å². The van der Waals surface area contributed by atoms with Gasteiger partial charge >= 0.3 is 0 Å². The van der Waals surface area contributed by atoms with E-state index in [4.69, 9.17) is 21.7 Å². The zero-order valence-corrected chi connectivity index (χ0v) is 20.5. The van der Waals surface area contributed by atoms with E-state index < -0.39 is 0 Å². The van der Waals surface area contributed by atoms with Crippen molar-refractivity contribution < 1.29 is 14.3 Å². The molecule has 2 aliphatic rings. The lowest BCUT2D eigenvalue weighted by molar-refractivity contribution is -0.124. The van der Waals surface area contributed by atoms with Gasteiger partial charge in [0.25, 0.3) is 5.91 Å². The molecule has 0 spiro atoms. The highest BCUT2D eigenvalue weighted by Crippen LogP contribution is 2.40. The number of thioether (sulfide) groups is 1. The minimum atomic E-state index is 0.0152. The van der Waals surface area contributed by atoms with E-state index in [1.807, 2.05) is 53.4 Å². The Hall–Kier alpha value is -1.83. The van der Waals surface area contributed by atoms with Crippen LogP contribution in [0.1, 0.15) is 43.2 Å². The van der Waals surface area contributed by atoms with Gasteiger partial charge in [-0.2, -0.15) is 0 Å². The molecular formula is C24H24BrNO3S2. The third kappa shape index (κ3) is 5.16. The molecule has 0 aromatic heterocycles. The second kappa shape index (κ2) is 10.2. The SMILES string of the molecule is COc1cc(/C=C2\SC(=S)N(C3CCCCC3)C2=O)cc(Br)c1OCc1ccccc1. The van der Waals surface area contributed by atoms with Crippen molar-refractivity contribution in [2.75, 3.05) is 7.11 Å². The molecule has 2 aromatic carbocycles. The monoisotopic (exact) mass is 517 g/mol. The van der Waals surface area contributed by atoms with Crippen molar-refractivity contribution in [3.05, 3.63) is 63.0 Å². The van der Waals surface area contributed by atoms with Gasteiger partial charge in [-0.1, -0.05) is 73.6 Å². The summed E-state index contributed by atoms with van der Waals surface area (Å²) in [5, 5.41) is 0. The zero-order chi connectivity index (χ0) is 21.8. The standard InChI is InChI=1S/C24H24BrNO3S2/c1-28-20-13-17(12-19(25)22(20)29-15-16-8-4-2-5-9-16)14-21-23(27)26(24(30)31-21)18-10-6-3-7-11-18/h2,4-5,8-9,12-14,18H,3,6-7,10-11,15H2,1H3/b21-14-.